The molecule has 0 saturated heterocycles. The van der Waals surface area contributed by atoms with Crippen molar-refractivity contribution in [1.29, 1.82) is 0 Å². The van der Waals surface area contributed by atoms with Gasteiger partial charge in [0.05, 0.1) is 0 Å². The van der Waals surface area contributed by atoms with Crippen molar-refractivity contribution < 1.29 is 0 Å². The molecule has 110 valence electrons. The SMILES string of the molecule is CSc1ccc(CNC2CC3CCC2(C)C3(C)C)cc1. The molecule has 0 heterocycles. The highest BCUT2D eigenvalue weighted by atomic mass is 32.2. The summed E-state index contributed by atoms with van der Waals surface area (Å²) in [5, 5.41) is 3.86. The Morgan fingerprint density at radius 2 is 1.90 bits per heavy atom. The lowest BCUT2D eigenvalue weighted by atomic mass is 9.69. The molecular weight excluding hydrogens is 262 g/mol. The molecule has 2 heteroatoms. The van der Waals surface area contributed by atoms with E-state index in [1.54, 1.807) is 0 Å². The van der Waals surface area contributed by atoms with Crippen LogP contribution in [0, 0.1) is 16.7 Å². The average Bonchev–Trinajstić information content (AvgIpc) is 2.78. The van der Waals surface area contributed by atoms with Gasteiger partial charge in [0.25, 0.3) is 0 Å². The highest BCUT2D eigenvalue weighted by molar-refractivity contribution is 7.98. The summed E-state index contributed by atoms with van der Waals surface area (Å²) in [5.41, 5.74) is 2.40. The predicted molar refractivity (Wildman–Crippen MR) is 88.1 cm³/mol. The minimum Gasteiger partial charge on any atom is -0.309 e. The normalized spacial score (nSPS) is 34.6. The summed E-state index contributed by atoms with van der Waals surface area (Å²) in [4.78, 5) is 1.35. The first kappa shape index (κ1) is 14.5. The topological polar surface area (TPSA) is 12.0 Å². The number of nitrogens with one attached hydrogen (secondary N) is 1. The van der Waals surface area contributed by atoms with Crippen LogP contribution in [0.15, 0.2) is 29.2 Å². The Labute approximate surface area is 127 Å². The zero-order valence-corrected chi connectivity index (χ0v) is 14.0. The molecule has 2 saturated carbocycles. The lowest BCUT2D eigenvalue weighted by Gasteiger charge is -2.39. The van der Waals surface area contributed by atoms with Crippen molar-refractivity contribution in [2.45, 2.75) is 57.5 Å². The van der Waals surface area contributed by atoms with E-state index in [0.29, 0.717) is 16.9 Å². The van der Waals surface area contributed by atoms with Crippen LogP contribution in [0.3, 0.4) is 0 Å². The first-order valence-corrected chi connectivity index (χ1v) is 9.06. The van der Waals surface area contributed by atoms with Gasteiger partial charge in [-0.25, -0.2) is 0 Å². The fraction of sp³-hybridized carbons (Fsp3) is 0.667. The summed E-state index contributed by atoms with van der Waals surface area (Å²) in [6.07, 6.45) is 6.33. The van der Waals surface area contributed by atoms with Gasteiger partial charge in [0.15, 0.2) is 0 Å². The van der Waals surface area contributed by atoms with Crippen LogP contribution in [0.1, 0.15) is 45.6 Å². The standard InChI is InChI=1S/C18H27NS/c1-17(2)14-9-10-18(17,3)16(11-14)19-12-13-5-7-15(20-4)8-6-13/h5-8,14,16,19H,9-12H2,1-4H3. The second-order valence-corrected chi connectivity index (χ2v) is 8.27. The van der Waals surface area contributed by atoms with Gasteiger partial charge in [-0.15, -0.1) is 11.8 Å². The van der Waals surface area contributed by atoms with Crippen molar-refractivity contribution in [3.63, 3.8) is 0 Å². The highest BCUT2D eigenvalue weighted by Crippen LogP contribution is 2.65. The summed E-state index contributed by atoms with van der Waals surface area (Å²) < 4.78 is 0. The van der Waals surface area contributed by atoms with Crippen LogP contribution in [0.5, 0.6) is 0 Å². The molecule has 2 fully saturated rings. The minimum atomic E-state index is 0.483. The zero-order valence-electron chi connectivity index (χ0n) is 13.2. The zero-order chi connectivity index (χ0) is 14.4. The molecule has 1 nitrogen and oxygen atoms in total. The van der Waals surface area contributed by atoms with Crippen molar-refractivity contribution in [2.75, 3.05) is 6.26 Å². The summed E-state index contributed by atoms with van der Waals surface area (Å²) in [6, 6.07) is 9.68. The Morgan fingerprint density at radius 3 is 2.40 bits per heavy atom. The molecular formula is C18H27NS. The summed E-state index contributed by atoms with van der Waals surface area (Å²) in [6.45, 7) is 8.49. The molecule has 0 spiro atoms. The quantitative estimate of drug-likeness (QED) is 0.805. The molecule has 0 radical (unpaired) electrons. The fourth-order valence-corrected chi connectivity index (χ4v) is 4.91. The largest absolute Gasteiger partial charge is 0.309 e. The van der Waals surface area contributed by atoms with E-state index in [-0.39, 0.29) is 0 Å². The number of thioether (sulfide) groups is 1. The molecule has 1 N–H and O–H groups in total. The van der Waals surface area contributed by atoms with E-state index < -0.39 is 0 Å². The van der Waals surface area contributed by atoms with E-state index in [4.69, 9.17) is 0 Å². The minimum absolute atomic E-state index is 0.483. The maximum absolute atomic E-state index is 3.86. The first-order chi connectivity index (χ1) is 9.47. The molecule has 0 aliphatic heterocycles. The third-order valence-electron chi connectivity index (χ3n) is 6.51. The summed E-state index contributed by atoms with van der Waals surface area (Å²) in [7, 11) is 0. The first-order valence-electron chi connectivity index (χ1n) is 7.84. The number of hydrogen-bond acceptors (Lipinski definition) is 2. The van der Waals surface area contributed by atoms with Gasteiger partial charge in [0.2, 0.25) is 0 Å². The van der Waals surface area contributed by atoms with Crippen LogP contribution in [-0.2, 0) is 6.54 Å². The van der Waals surface area contributed by atoms with Gasteiger partial charge in [-0.05, 0) is 60.0 Å². The molecule has 3 rings (SSSR count). The molecule has 2 aliphatic carbocycles. The number of benzene rings is 1. The molecule has 3 unspecified atom stereocenters. The molecule has 2 aliphatic rings. The third kappa shape index (κ3) is 2.12. The van der Waals surface area contributed by atoms with Crippen LogP contribution in [0.4, 0.5) is 0 Å². The van der Waals surface area contributed by atoms with E-state index in [0.717, 1.165) is 12.5 Å². The Kier molecular flexibility index (Phi) is 3.66. The van der Waals surface area contributed by atoms with Crippen molar-refractivity contribution >= 4 is 11.8 Å². The average molecular weight is 289 g/mol. The van der Waals surface area contributed by atoms with Gasteiger partial charge in [-0.1, -0.05) is 32.9 Å². The van der Waals surface area contributed by atoms with E-state index >= 15 is 0 Å². The maximum atomic E-state index is 3.86. The monoisotopic (exact) mass is 289 g/mol. The van der Waals surface area contributed by atoms with E-state index in [9.17, 15) is 0 Å². The van der Waals surface area contributed by atoms with Crippen molar-refractivity contribution in [2.24, 2.45) is 16.7 Å². The summed E-state index contributed by atoms with van der Waals surface area (Å²) >= 11 is 1.81. The molecule has 0 aromatic heterocycles. The highest BCUT2D eigenvalue weighted by Gasteiger charge is 2.60. The Balaban J connectivity index is 1.65. The van der Waals surface area contributed by atoms with Crippen LogP contribution in [-0.4, -0.2) is 12.3 Å². The Morgan fingerprint density at radius 1 is 1.20 bits per heavy atom. The van der Waals surface area contributed by atoms with Crippen LogP contribution < -0.4 is 5.32 Å². The van der Waals surface area contributed by atoms with Gasteiger partial charge >= 0.3 is 0 Å². The lowest BCUT2D eigenvalue weighted by Crippen LogP contribution is -2.44. The maximum Gasteiger partial charge on any atom is 0.0208 e. The second kappa shape index (κ2) is 5.06. The lowest BCUT2D eigenvalue weighted by molar-refractivity contribution is 0.120. The van der Waals surface area contributed by atoms with Gasteiger partial charge in [0, 0.05) is 17.5 Å². The number of fused-ring (bicyclic) bond motifs is 2. The third-order valence-corrected chi connectivity index (χ3v) is 7.25. The number of hydrogen-bond donors (Lipinski definition) is 1. The number of rotatable bonds is 4. The van der Waals surface area contributed by atoms with Gasteiger partial charge in [-0.3, -0.25) is 0 Å². The molecule has 1 aromatic carbocycles. The van der Waals surface area contributed by atoms with Gasteiger partial charge in [0.1, 0.15) is 0 Å². The molecule has 1 aromatic rings. The van der Waals surface area contributed by atoms with E-state index in [2.05, 4.69) is 56.6 Å². The van der Waals surface area contributed by atoms with E-state index in [1.807, 2.05) is 11.8 Å². The van der Waals surface area contributed by atoms with Crippen LogP contribution in [0.25, 0.3) is 0 Å². The van der Waals surface area contributed by atoms with Gasteiger partial charge in [-0.2, -0.15) is 0 Å². The molecule has 2 bridgehead atoms. The van der Waals surface area contributed by atoms with Crippen LogP contribution in [0.2, 0.25) is 0 Å². The van der Waals surface area contributed by atoms with Gasteiger partial charge < -0.3 is 5.32 Å². The molecule has 0 amide bonds. The second-order valence-electron chi connectivity index (χ2n) is 7.39. The van der Waals surface area contributed by atoms with Crippen molar-refractivity contribution in [3.05, 3.63) is 29.8 Å². The molecule has 20 heavy (non-hydrogen) atoms. The van der Waals surface area contributed by atoms with Crippen LogP contribution >= 0.6 is 11.8 Å². The molecule has 3 atom stereocenters. The Bertz CT molecular complexity index is 479. The predicted octanol–water partition coefficient (Wildman–Crippen LogP) is 4.71. The smallest absolute Gasteiger partial charge is 0.0208 e. The fourth-order valence-electron chi connectivity index (χ4n) is 4.50. The van der Waals surface area contributed by atoms with Crippen molar-refractivity contribution in [3.8, 4) is 0 Å². The summed E-state index contributed by atoms with van der Waals surface area (Å²) in [5.74, 6) is 0.920. The van der Waals surface area contributed by atoms with Crippen molar-refractivity contribution in [1.82, 2.24) is 5.32 Å². The Hall–Kier alpha value is -0.470. The van der Waals surface area contributed by atoms with E-state index in [1.165, 1.54) is 29.7 Å².